The van der Waals surface area contributed by atoms with Crippen molar-refractivity contribution in [2.45, 2.75) is 19.9 Å². The monoisotopic (exact) mass is 262 g/mol. The molecular formula is C13H14N2O2S. The average Bonchev–Trinajstić information content (AvgIpc) is 2.96. The van der Waals surface area contributed by atoms with Gasteiger partial charge in [-0.2, -0.15) is 5.10 Å². The lowest BCUT2D eigenvalue weighted by atomic mass is 10.1. The third-order valence-corrected chi connectivity index (χ3v) is 3.38. The molecule has 0 amide bonds. The third-order valence-electron chi connectivity index (χ3n) is 2.48. The maximum Gasteiger partial charge on any atom is 0.337 e. The zero-order chi connectivity index (χ0) is 13.1. The van der Waals surface area contributed by atoms with Crippen LogP contribution in [-0.4, -0.2) is 20.9 Å². The van der Waals surface area contributed by atoms with Crippen LogP contribution < -0.4 is 0 Å². The smallest absolute Gasteiger partial charge is 0.337 e. The number of aromatic nitrogens is 2. The largest absolute Gasteiger partial charge is 0.478 e. The second-order valence-electron chi connectivity index (χ2n) is 4.19. The Kier molecular flexibility index (Phi) is 3.62. The molecule has 18 heavy (non-hydrogen) atoms. The number of carbonyl (C=O) groups is 1. The molecule has 0 aliphatic rings. The molecule has 0 atom stereocenters. The van der Waals surface area contributed by atoms with Crippen molar-refractivity contribution in [3.63, 3.8) is 0 Å². The molecule has 2 heterocycles. The van der Waals surface area contributed by atoms with Crippen LogP contribution >= 0.6 is 11.3 Å². The first-order valence-corrected chi connectivity index (χ1v) is 6.49. The maximum atomic E-state index is 11.3. The molecule has 0 aliphatic carbocycles. The van der Waals surface area contributed by atoms with E-state index in [1.54, 1.807) is 23.0 Å². The van der Waals surface area contributed by atoms with Crippen LogP contribution in [0.1, 0.15) is 30.3 Å². The fourth-order valence-electron chi connectivity index (χ4n) is 1.55. The number of carboxylic acid groups (broad SMARTS) is 1. The van der Waals surface area contributed by atoms with Crippen molar-refractivity contribution in [2.75, 3.05) is 0 Å². The lowest BCUT2D eigenvalue weighted by Crippen LogP contribution is -2.00. The van der Waals surface area contributed by atoms with E-state index < -0.39 is 5.97 Å². The molecule has 0 saturated heterocycles. The second kappa shape index (κ2) is 5.18. The van der Waals surface area contributed by atoms with Crippen molar-refractivity contribution in [3.05, 3.63) is 40.3 Å². The van der Waals surface area contributed by atoms with Crippen LogP contribution in [0.4, 0.5) is 0 Å². The Hall–Kier alpha value is -1.88. The van der Waals surface area contributed by atoms with Crippen LogP contribution in [0.2, 0.25) is 0 Å². The number of rotatable bonds is 4. The Morgan fingerprint density at radius 2 is 2.33 bits per heavy atom. The number of carboxylic acids is 1. The molecule has 0 spiro atoms. The van der Waals surface area contributed by atoms with Crippen molar-refractivity contribution < 1.29 is 9.90 Å². The lowest BCUT2D eigenvalue weighted by molar-refractivity contribution is -0.130. The normalized spacial score (nSPS) is 12.1. The van der Waals surface area contributed by atoms with E-state index in [2.05, 4.69) is 5.10 Å². The van der Waals surface area contributed by atoms with E-state index >= 15 is 0 Å². The van der Waals surface area contributed by atoms with E-state index in [4.69, 9.17) is 0 Å². The highest BCUT2D eigenvalue weighted by atomic mass is 32.1. The average molecular weight is 262 g/mol. The molecule has 2 aromatic heterocycles. The fraction of sp³-hybridized carbons (Fsp3) is 0.231. The van der Waals surface area contributed by atoms with Crippen molar-refractivity contribution in [1.29, 1.82) is 0 Å². The van der Waals surface area contributed by atoms with Gasteiger partial charge in [0.25, 0.3) is 0 Å². The fourth-order valence-corrected chi connectivity index (χ4v) is 2.28. The second-order valence-corrected chi connectivity index (χ2v) is 5.14. The Morgan fingerprint density at radius 1 is 1.56 bits per heavy atom. The highest BCUT2D eigenvalue weighted by Gasteiger charge is 2.12. The Balaban J connectivity index is 2.36. The van der Waals surface area contributed by atoms with Gasteiger partial charge in [-0.1, -0.05) is 6.07 Å². The summed E-state index contributed by atoms with van der Waals surface area (Å²) < 4.78 is 1.81. The molecule has 0 fully saturated rings. The molecular weight excluding hydrogens is 248 g/mol. The zero-order valence-electron chi connectivity index (χ0n) is 10.2. The minimum absolute atomic E-state index is 0.266. The lowest BCUT2D eigenvalue weighted by Gasteiger charge is -2.02. The van der Waals surface area contributed by atoms with Crippen molar-refractivity contribution >= 4 is 29.0 Å². The van der Waals surface area contributed by atoms with Crippen molar-refractivity contribution in [1.82, 2.24) is 9.78 Å². The van der Waals surface area contributed by atoms with Crippen LogP contribution in [0.15, 0.2) is 29.9 Å². The summed E-state index contributed by atoms with van der Waals surface area (Å²) in [4.78, 5) is 12.0. The van der Waals surface area contributed by atoms with E-state index in [1.165, 1.54) is 11.3 Å². The molecule has 0 bridgehead atoms. The summed E-state index contributed by atoms with van der Waals surface area (Å²) >= 11 is 1.42. The minimum Gasteiger partial charge on any atom is -0.478 e. The molecule has 0 aromatic carbocycles. The molecule has 1 N–H and O–H groups in total. The molecule has 0 radical (unpaired) electrons. The Labute approximate surface area is 109 Å². The molecule has 4 nitrogen and oxygen atoms in total. The van der Waals surface area contributed by atoms with Crippen molar-refractivity contribution in [2.24, 2.45) is 0 Å². The summed E-state index contributed by atoms with van der Waals surface area (Å²) in [6.07, 6.45) is 5.18. The summed E-state index contributed by atoms with van der Waals surface area (Å²) in [7, 11) is 0. The van der Waals surface area contributed by atoms with E-state index in [1.807, 2.05) is 31.5 Å². The molecule has 0 saturated carbocycles. The summed E-state index contributed by atoms with van der Waals surface area (Å²) in [6.45, 7) is 4.05. The molecule has 2 rings (SSSR count). The van der Waals surface area contributed by atoms with Gasteiger partial charge in [0.05, 0.1) is 11.8 Å². The SMILES string of the molecule is CC(C)n1cc(/C=C(/C(=O)O)c2cccs2)cn1. The minimum atomic E-state index is -0.922. The Bertz CT molecular complexity index is 568. The first-order valence-electron chi connectivity index (χ1n) is 5.61. The van der Waals surface area contributed by atoms with Crippen LogP contribution in [0.3, 0.4) is 0 Å². The van der Waals surface area contributed by atoms with E-state index in [9.17, 15) is 9.90 Å². The van der Waals surface area contributed by atoms with Gasteiger partial charge in [-0.15, -0.1) is 11.3 Å². The van der Waals surface area contributed by atoms with Crippen LogP contribution in [0.5, 0.6) is 0 Å². The van der Waals surface area contributed by atoms with E-state index in [-0.39, 0.29) is 6.04 Å². The Morgan fingerprint density at radius 3 is 2.83 bits per heavy atom. The van der Waals surface area contributed by atoms with Gasteiger partial charge in [-0.25, -0.2) is 4.79 Å². The van der Waals surface area contributed by atoms with E-state index in [0.717, 1.165) is 10.4 Å². The zero-order valence-corrected chi connectivity index (χ0v) is 11.0. The number of aliphatic carboxylic acids is 1. The van der Waals surface area contributed by atoms with Gasteiger partial charge in [0, 0.05) is 22.7 Å². The number of hydrogen-bond acceptors (Lipinski definition) is 3. The molecule has 2 aromatic rings. The topological polar surface area (TPSA) is 55.1 Å². The summed E-state index contributed by atoms with van der Waals surface area (Å²) in [5, 5.41) is 15.3. The first-order chi connectivity index (χ1) is 8.58. The van der Waals surface area contributed by atoms with Crippen LogP contribution in [-0.2, 0) is 4.79 Å². The summed E-state index contributed by atoms with van der Waals surface area (Å²) in [5.41, 5.74) is 1.10. The molecule has 0 unspecified atom stereocenters. The van der Waals surface area contributed by atoms with Gasteiger partial charge in [-0.3, -0.25) is 4.68 Å². The van der Waals surface area contributed by atoms with Gasteiger partial charge in [0.1, 0.15) is 0 Å². The highest BCUT2D eigenvalue weighted by molar-refractivity contribution is 7.11. The van der Waals surface area contributed by atoms with Crippen LogP contribution in [0, 0.1) is 0 Å². The summed E-state index contributed by atoms with van der Waals surface area (Å²) in [6, 6.07) is 3.91. The van der Waals surface area contributed by atoms with Gasteiger partial charge in [-0.05, 0) is 31.4 Å². The number of thiophene rings is 1. The highest BCUT2D eigenvalue weighted by Crippen LogP contribution is 2.23. The first kappa shape index (κ1) is 12.6. The molecule has 94 valence electrons. The van der Waals surface area contributed by atoms with Gasteiger partial charge < -0.3 is 5.11 Å². The maximum absolute atomic E-state index is 11.3. The van der Waals surface area contributed by atoms with Crippen LogP contribution in [0.25, 0.3) is 11.6 Å². The standard InChI is InChI=1S/C13H14N2O2S/c1-9(2)15-8-10(7-14-15)6-11(13(16)17)12-4-3-5-18-12/h3-9H,1-2H3,(H,16,17)/b11-6+. The van der Waals surface area contributed by atoms with Gasteiger partial charge in [0.2, 0.25) is 0 Å². The van der Waals surface area contributed by atoms with Gasteiger partial charge >= 0.3 is 5.97 Å². The van der Waals surface area contributed by atoms with Crippen molar-refractivity contribution in [3.8, 4) is 0 Å². The predicted molar refractivity (Wildman–Crippen MR) is 72.4 cm³/mol. The van der Waals surface area contributed by atoms with Gasteiger partial charge in [0.15, 0.2) is 0 Å². The number of hydrogen-bond donors (Lipinski definition) is 1. The molecule has 0 aliphatic heterocycles. The number of nitrogens with zero attached hydrogens (tertiary/aromatic N) is 2. The summed E-state index contributed by atoms with van der Waals surface area (Å²) in [5.74, 6) is -0.922. The predicted octanol–water partition coefficient (Wildman–Crippen LogP) is 3.15. The third kappa shape index (κ3) is 2.68. The quantitative estimate of drug-likeness (QED) is 0.861. The van der Waals surface area contributed by atoms with E-state index in [0.29, 0.717) is 5.57 Å². The molecule has 5 heteroatoms.